The van der Waals surface area contributed by atoms with Crippen LogP contribution in [0, 0.1) is 6.92 Å². The van der Waals surface area contributed by atoms with Crippen LogP contribution in [0.25, 0.3) is 17.4 Å². The number of benzene rings is 2. The fourth-order valence-corrected chi connectivity index (χ4v) is 4.09. The van der Waals surface area contributed by atoms with Gasteiger partial charge in [0.2, 0.25) is 0 Å². The number of nitrogens with zero attached hydrogens (tertiary/aromatic N) is 1. The van der Waals surface area contributed by atoms with Gasteiger partial charge in [-0.15, -0.1) is 0 Å². The van der Waals surface area contributed by atoms with Gasteiger partial charge >= 0.3 is 5.97 Å². The van der Waals surface area contributed by atoms with Gasteiger partial charge in [0.05, 0.1) is 17.0 Å². The third-order valence-electron chi connectivity index (χ3n) is 4.77. The number of thioether (sulfide) groups is 1. The molecule has 0 radical (unpaired) electrons. The van der Waals surface area contributed by atoms with Crippen molar-refractivity contribution in [2.24, 2.45) is 0 Å². The van der Waals surface area contributed by atoms with Crippen molar-refractivity contribution in [1.29, 1.82) is 0 Å². The Bertz CT molecular complexity index is 1230. The van der Waals surface area contributed by atoms with Gasteiger partial charge in [-0.25, -0.2) is 4.79 Å². The van der Waals surface area contributed by atoms with Crippen molar-refractivity contribution in [2.75, 3.05) is 13.2 Å². The summed E-state index contributed by atoms with van der Waals surface area (Å²) in [4.78, 5) is 37.8. The molecule has 0 atom stereocenters. The molecule has 1 fully saturated rings. The molecule has 1 aliphatic rings. The Balaban J connectivity index is 1.45. The number of imide groups is 1. The number of hydrogen-bond acceptors (Lipinski definition) is 6. The van der Waals surface area contributed by atoms with Crippen LogP contribution in [0.5, 0.6) is 5.75 Å². The van der Waals surface area contributed by atoms with Crippen molar-refractivity contribution < 1.29 is 28.6 Å². The summed E-state index contributed by atoms with van der Waals surface area (Å²) in [5.74, 6) is -0.0942. The second-order valence-electron chi connectivity index (χ2n) is 7.05. The third-order valence-corrected chi connectivity index (χ3v) is 5.68. The van der Waals surface area contributed by atoms with E-state index in [9.17, 15) is 19.5 Å². The van der Waals surface area contributed by atoms with E-state index in [2.05, 4.69) is 0 Å². The van der Waals surface area contributed by atoms with E-state index in [4.69, 9.17) is 9.15 Å². The van der Waals surface area contributed by atoms with Gasteiger partial charge in [0.15, 0.2) is 0 Å². The highest BCUT2D eigenvalue weighted by Crippen LogP contribution is 2.33. The first kappa shape index (κ1) is 21.5. The molecule has 4 rings (SSSR count). The van der Waals surface area contributed by atoms with E-state index in [0.717, 1.165) is 22.2 Å². The van der Waals surface area contributed by atoms with Crippen molar-refractivity contribution in [3.05, 3.63) is 82.5 Å². The Morgan fingerprint density at radius 2 is 1.94 bits per heavy atom. The highest BCUT2D eigenvalue weighted by atomic mass is 32.2. The Labute approximate surface area is 188 Å². The van der Waals surface area contributed by atoms with Crippen molar-refractivity contribution >= 4 is 35.0 Å². The van der Waals surface area contributed by atoms with Gasteiger partial charge in [-0.2, -0.15) is 0 Å². The van der Waals surface area contributed by atoms with E-state index in [1.807, 2.05) is 31.2 Å². The minimum atomic E-state index is -1.06. The minimum absolute atomic E-state index is 0.113. The summed E-state index contributed by atoms with van der Waals surface area (Å²) < 4.78 is 11.4. The first-order valence-corrected chi connectivity index (χ1v) is 10.6. The maximum absolute atomic E-state index is 12.7. The molecule has 0 spiro atoms. The first-order valence-electron chi connectivity index (χ1n) is 9.80. The number of aryl methyl sites for hydroxylation is 1. The molecule has 2 heterocycles. The highest BCUT2D eigenvalue weighted by Gasteiger charge is 2.35. The summed E-state index contributed by atoms with van der Waals surface area (Å²) in [6.45, 7) is 2.27. The first-order chi connectivity index (χ1) is 15.4. The van der Waals surface area contributed by atoms with Gasteiger partial charge in [-0.05, 0) is 54.6 Å². The standard InChI is InChI=1S/C24H19NO6S/c1-15-5-4-6-16(13-15)30-12-11-25-22(26)21(32-24(25)29)14-17-9-10-20(31-17)18-7-2-3-8-19(18)23(27)28/h2-10,13-14H,11-12H2,1H3,(H,27,28)/b21-14-. The largest absolute Gasteiger partial charge is 0.492 e. The number of carbonyl (C=O) groups is 3. The summed E-state index contributed by atoms with van der Waals surface area (Å²) in [5.41, 5.74) is 1.60. The van der Waals surface area contributed by atoms with Gasteiger partial charge in [-0.3, -0.25) is 14.5 Å². The van der Waals surface area contributed by atoms with E-state index in [1.54, 1.807) is 30.3 Å². The molecule has 1 N–H and O–H groups in total. The van der Waals surface area contributed by atoms with E-state index < -0.39 is 11.9 Å². The molecule has 1 aliphatic heterocycles. The quantitative estimate of drug-likeness (QED) is 0.503. The zero-order valence-corrected chi connectivity index (χ0v) is 17.9. The number of hydrogen-bond donors (Lipinski definition) is 1. The van der Waals surface area contributed by atoms with Crippen LogP contribution in [-0.2, 0) is 4.79 Å². The van der Waals surface area contributed by atoms with E-state index >= 15 is 0 Å². The number of carboxylic acid groups (broad SMARTS) is 1. The molecule has 8 heteroatoms. The molecular weight excluding hydrogens is 430 g/mol. The molecule has 0 aliphatic carbocycles. The molecule has 2 aromatic carbocycles. The van der Waals surface area contributed by atoms with Gasteiger partial charge < -0.3 is 14.3 Å². The second-order valence-corrected chi connectivity index (χ2v) is 8.04. The molecule has 7 nitrogen and oxygen atoms in total. The molecule has 1 saturated heterocycles. The number of ether oxygens (including phenoxy) is 1. The van der Waals surface area contributed by atoms with E-state index in [1.165, 1.54) is 12.1 Å². The zero-order chi connectivity index (χ0) is 22.7. The lowest BCUT2D eigenvalue weighted by molar-refractivity contribution is -0.123. The van der Waals surface area contributed by atoms with Crippen LogP contribution in [0.4, 0.5) is 4.79 Å². The number of furan rings is 1. The summed E-state index contributed by atoms with van der Waals surface area (Å²) in [6, 6.07) is 17.3. The van der Waals surface area contributed by atoms with Crippen LogP contribution in [0.15, 0.2) is 70.0 Å². The number of carbonyl (C=O) groups excluding carboxylic acids is 2. The number of carboxylic acids is 1. The zero-order valence-electron chi connectivity index (χ0n) is 17.1. The minimum Gasteiger partial charge on any atom is -0.492 e. The Morgan fingerprint density at radius 3 is 2.72 bits per heavy atom. The lowest BCUT2D eigenvalue weighted by Crippen LogP contribution is -2.32. The number of aromatic carboxylic acids is 1. The highest BCUT2D eigenvalue weighted by molar-refractivity contribution is 8.18. The number of rotatable bonds is 7. The predicted molar refractivity (Wildman–Crippen MR) is 120 cm³/mol. The fourth-order valence-electron chi connectivity index (χ4n) is 3.24. The normalized spacial score (nSPS) is 14.9. The van der Waals surface area contributed by atoms with Gasteiger partial charge in [0, 0.05) is 11.6 Å². The molecule has 1 aromatic heterocycles. The predicted octanol–water partition coefficient (Wildman–Crippen LogP) is 5.07. The molecule has 2 amide bonds. The van der Waals surface area contributed by atoms with E-state index in [0.29, 0.717) is 22.8 Å². The van der Waals surface area contributed by atoms with Crippen molar-refractivity contribution in [1.82, 2.24) is 4.90 Å². The molecule has 0 saturated carbocycles. The average molecular weight is 449 g/mol. The molecule has 32 heavy (non-hydrogen) atoms. The topological polar surface area (TPSA) is 97.1 Å². The van der Waals surface area contributed by atoms with Crippen molar-refractivity contribution in [3.63, 3.8) is 0 Å². The molecule has 162 valence electrons. The molecule has 0 bridgehead atoms. The third kappa shape index (κ3) is 4.60. The summed E-state index contributed by atoms with van der Waals surface area (Å²) in [7, 11) is 0. The summed E-state index contributed by atoms with van der Waals surface area (Å²) >= 11 is 0.827. The molecule has 3 aromatic rings. The SMILES string of the molecule is Cc1cccc(OCCN2C(=O)S/C(=C\c3ccc(-c4ccccc4C(=O)O)o3)C2=O)c1. The average Bonchev–Trinajstić information content (AvgIpc) is 3.34. The van der Waals surface area contributed by atoms with Crippen molar-refractivity contribution in [3.8, 4) is 17.1 Å². The Hall–Kier alpha value is -3.78. The maximum Gasteiger partial charge on any atom is 0.336 e. The monoisotopic (exact) mass is 449 g/mol. The number of amides is 2. The summed E-state index contributed by atoms with van der Waals surface area (Å²) in [6.07, 6.45) is 1.49. The molecule has 0 unspecified atom stereocenters. The van der Waals surface area contributed by atoms with E-state index in [-0.39, 0.29) is 28.9 Å². The summed E-state index contributed by atoms with van der Waals surface area (Å²) in [5, 5.41) is 8.98. The van der Waals surface area contributed by atoms with Gasteiger partial charge in [0.1, 0.15) is 23.9 Å². The van der Waals surface area contributed by atoms with Crippen LogP contribution in [0.1, 0.15) is 21.7 Å². The van der Waals surface area contributed by atoms with Crippen LogP contribution in [0.3, 0.4) is 0 Å². The van der Waals surface area contributed by atoms with Crippen molar-refractivity contribution in [2.45, 2.75) is 6.92 Å². The smallest absolute Gasteiger partial charge is 0.336 e. The Kier molecular flexibility index (Phi) is 6.13. The maximum atomic E-state index is 12.7. The Morgan fingerprint density at radius 1 is 1.12 bits per heavy atom. The van der Waals surface area contributed by atoms with Gasteiger partial charge in [0.25, 0.3) is 11.1 Å². The van der Waals surface area contributed by atoms with Gasteiger partial charge in [-0.1, -0.05) is 30.3 Å². The second kappa shape index (κ2) is 9.15. The lowest BCUT2D eigenvalue weighted by atomic mass is 10.1. The molecular formula is C24H19NO6S. The fraction of sp³-hybridized carbons (Fsp3) is 0.125. The van der Waals surface area contributed by atoms with Crippen LogP contribution < -0.4 is 4.74 Å². The lowest BCUT2D eigenvalue weighted by Gasteiger charge is -2.13. The van der Waals surface area contributed by atoms with Crippen LogP contribution in [0.2, 0.25) is 0 Å². The van der Waals surface area contributed by atoms with Crippen LogP contribution >= 0.6 is 11.8 Å². The van der Waals surface area contributed by atoms with Crippen LogP contribution in [-0.4, -0.2) is 40.3 Å².